The van der Waals surface area contributed by atoms with Gasteiger partial charge >= 0.3 is 0 Å². The van der Waals surface area contributed by atoms with Crippen LogP contribution in [0.15, 0.2) is 29.0 Å². The average Bonchev–Trinajstić information content (AvgIpc) is 2.72. The molecule has 176 valence electrons. The van der Waals surface area contributed by atoms with E-state index in [-0.39, 0.29) is 23.3 Å². The van der Waals surface area contributed by atoms with Gasteiger partial charge in [0, 0.05) is 11.5 Å². The van der Waals surface area contributed by atoms with E-state index in [1.54, 1.807) is 20.2 Å². The monoisotopic (exact) mass is 456 g/mol. The highest BCUT2D eigenvalue weighted by molar-refractivity contribution is 6.24. The first kappa shape index (κ1) is 23.0. The van der Waals surface area contributed by atoms with Crippen molar-refractivity contribution in [1.29, 1.82) is 0 Å². The molecule has 6 N–H and O–H groups in total. The molecule has 3 aliphatic carbocycles. The number of benzene rings is 1. The molecule has 4 atom stereocenters. The molecule has 0 bridgehead atoms. The van der Waals surface area contributed by atoms with Gasteiger partial charge in [-0.25, -0.2) is 0 Å². The number of aliphatic hydroxyl groups excluding tert-OH is 2. The summed E-state index contributed by atoms with van der Waals surface area (Å²) in [5.74, 6) is -6.36. The highest BCUT2D eigenvalue weighted by Gasteiger charge is 2.64. The third kappa shape index (κ3) is 3.02. The molecule has 1 amide bonds. The number of carbonyl (C=O) groups is 3. The number of hydrogen-bond acceptors (Lipinski definition) is 8. The number of nitrogens with zero attached hydrogens (tertiary/aromatic N) is 1. The van der Waals surface area contributed by atoms with Crippen LogP contribution in [0.2, 0.25) is 0 Å². The third-order valence-corrected chi connectivity index (χ3v) is 7.22. The maximum Gasteiger partial charge on any atom is 0.255 e. The normalized spacial score (nSPS) is 29.2. The SMILES string of the molecule is CCCc1ccc(O)c2c1C[C@H]1C[C@H]3[C@H](N(C)C)C(=O)C(C(N)=O)=C(O)C3(O)C(=O)C1=C2O. The van der Waals surface area contributed by atoms with Crippen molar-refractivity contribution in [2.24, 2.45) is 17.6 Å². The van der Waals surface area contributed by atoms with Crippen LogP contribution < -0.4 is 5.73 Å². The zero-order chi connectivity index (χ0) is 24.4. The maximum atomic E-state index is 13.7. The summed E-state index contributed by atoms with van der Waals surface area (Å²) < 4.78 is 0. The van der Waals surface area contributed by atoms with Crippen molar-refractivity contribution in [3.63, 3.8) is 0 Å². The van der Waals surface area contributed by atoms with Crippen LogP contribution in [0.25, 0.3) is 5.76 Å². The number of likely N-dealkylation sites (N-methyl/N-ethyl adjacent to an activating group) is 1. The lowest BCUT2D eigenvalue weighted by Gasteiger charge is -2.50. The number of hydrogen-bond donors (Lipinski definition) is 5. The zero-order valence-corrected chi connectivity index (χ0v) is 18.8. The van der Waals surface area contributed by atoms with Crippen LogP contribution in [0.4, 0.5) is 0 Å². The topological polar surface area (TPSA) is 161 Å². The minimum Gasteiger partial charge on any atom is -0.508 e. The van der Waals surface area contributed by atoms with Crippen molar-refractivity contribution in [3.05, 3.63) is 45.7 Å². The molecule has 0 saturated heterocycles. The molecule has 0 aromatic heterocycles. The number of rotatable bonds is 4. The predicted octanol–water partition coefficient (Wildman–Crippen LogP) is 0.916. The van der Waals surface area contributed by atoms with E-state index in [1.165, 1.54) is 11.0 Å². The van der Waals surface area contributed by atoms with E-state index >= 15 is 0 Å². The second-order valence-corrected chi connectivity index (χ2v) is 9.31. The number of phenols is 1. The first-order chi connectivity index (χ1) is 15.5. The Bertz CT molecular complexity index is 1150. The van der Waals surface area contributed by atoms with Gasteiger partial charge in [0.05, 0.1) is 11.6 Å². The summed E-state index contributed by atoms with van der Waals surface area (Å²) in [6.07, 6.45) is 1.96. The lowest BCUT2D eigenvalue weighted by molar-refractivity contribution is -0.153. The van der Waals surface area contributed by atoms with Crippen LogP contribution in [0, 0.1) is 11.8 Å². The average molecular weight is 456 g/mol. The Morgan fingerprint density at radius 3 is 2.45 bits per heavy atom. The molecule has 3 aliphatic rings. The van der Waals surface area contributed by atoms with Crippen LogP contribution in [0.1, 0.15) is 36.5 Å². The molecule has 4 rings (SSSR count). The number of aryl methyl sites for hydroxylation is 1. The van der Waals surface area contributed by atoms with Crippen LogP contribution in [-0.2, 0) is 27.2 Å². The first-order valence-electron chi connectivity index (χ1n) is 10.9. The largest absolute Gasteiger partial charge is 0.508 e. The quantitative estimate of drug-likeness (QED) is 0.418. The van der Waals surface area contributed by atoms with Gasteiger partial charge in [-0.15, -0.1) is 0 Å². The van der Waals surface area contributed by atoms with Crippen LogP contribution >= 0.6 is 0 Å². The van der Waals surface area contributed by atoms with E-state index in [1.807, 2.05) is 6.92 Å². The number of aliphatic hydroxyl groups is 3. The number of ketones is 2. The standard InChI is InChI=1S/C24H28N2O7/c1-4-5-10-6-7-14(27)16-12(10)8-11-9-13-18(26(2)3)20(29)17(23(25)32)22(31)24(13,33)21(30)15(11)19(16)28/h6-7,11,13,18,27-28,31,33H,4-5,8-9H2,1-3H3,(H2,25,32)/t11-,13-,18-,24?/m0/s1. The van der Waals surface area contributed by atoms with Gasteiger partial charge in [-0.1, -0.05) is 19.4 Å². The minimum absolute atomic E-state index is 0.0903. The Balaban J connectivity index is 1.97. The fourth-order valence-corrected chi connectivity index (χ4v) is 5.81. The molecule has 33 heavy (non-hydrogen) atoms. The number of amides is 1. The van der Waals surface area contributed by atoms with Crippen molar-refractivity contribution in [2.75, 3.05) is 14.1 Å². The number of carbonyl (C=O) groups excluding carboxylic acids is 3. The second kappa shape index (κ2) is 7.71. The molecule has 1 unspecified atom stereocenters. The number of aromatic hydroxyl groups is 1. The van der Waals surface area contributed by atoms with Crippen molar-refractivity contribution >= 4 is 23.2 Å². The Morgan fingerprint density at radius 1 is 1.21 bits per heavy atom. The molecule has 9 heteroatoms. The summed E-state index contributed by atoms with van der Waals surface area (Å²) in [6.45, 7) is 2.01. The fraction of sp³-hybridized carbons (Fsp3) is 0.458. The van der Waals surface area contributed by atoms with E-state index in [9.17, 15) is 34.8 Å². The van der Waals surface area contributed by atoms with Crippen molar-refractivity contribution < 1.29 is 34.8 Å². The van der Waals surface area contributed by atoms with E-state index in [4.69, 9.17) is 5.73 Å². The Morgan fingerprint density at radius 2 is 1.88 bits per heavy atom. The molecule has 0 spiro atoms. The molecular weight excluding hydrogens is 428 g/mol. The van der Waals surface area contributed by atoms with Gasteiger partial charge in [-0.3, -0.25) is 19.3 Å². The number of primary amides is 1. The van der Waals surface area contributed by atoms with Crippen LogP contribution in [0.3, 0.4) is 0 Å². The molecule has 9 nitrogen and oxygen atoms in total. The van der Waals surface area contributed by atoms with Gasteiger partial charge in [0.1, 0.15) is 22.8 Å². The lowest BCUT2D eigenvalue weighted by atomic mass is 9.57. The number of Topliss-reactive ketones (excluding diaryl/α,β-unsaturated/α-hetero) is 2. The van der Waals surface area contributed by atoms with E-state index in [2.05, 4.69) is 0 Å². The molecule has 1 aromatic carbocycles. The zero-order valence-electron chi connectivity index (χ0n) is 18.8. The van der Waals surface area contributed by atoms with Crippen LogP contribution in [-0.4, -0.2) is 68.5 Å². The minimum atomic E-state index is -2.61. The second-order valence-electron chi connectivity index (χ2n) is 9.31. The van der Waals surface area contributed by atoms with E-state index in [0.29, 0.717) is 12.8 Å². The third-order valence-electron chi connectivity index (χ3n) is 7.22. The van der Waals surface area contributed by atoms with Gasteiger partial charge in [0.2, 0.25) is 5.78 Å². The highest BCUT2D eigenvalue weighted by Crippen LogP contribution is 2.52. The molecule has 1 fully saturated rings. The predicted molar refractivity (Wildman–Crippen MR) is 118 cm³/mol. The summed E-state index contributed by atoms with van der Waals surface area (Å²) >= 11 is 0. The Kier molecular flexibility index (Phi) is 5.37. The molecule has 0 heterocycles. The highest BCUT2D eigenvalue weighted by atomic mass is 16.3. The summed E-state index contributed by atoms with van der Waals surface area (Å²) in [5.41, 5.74) is 3.55. The first-order valence-corrected chi connectivity index (χ1v) is 10.9. The number of phenolic OH excluding ortho intramolecular Hbond substituents is 1. The smallest absolute Gasteiger partial charge is 0.255 e. The molecule has 1 aromatic rings. The summed E-state index contributed by atoms with van der Waals surface area (Å²) in [7, 11) is 3.15. The van der Waals surface area contributed by atoms with Gasteiger partial charge < -0.3 is 26.2 Å². The lowest BCUT2D eigenvalue weighted by Crippen LogP contribution is -2.65. The van der Waals surface area contributed by atoms with Crippen molar-refractivity contribution in [2.45, 2.75) is 44.2 Å². The molecule has 1 saturated carbocycles. The molecular formula is C24H28N2O7. The Hall–Kier alpha value is -3.17. The van der Waals surface area contributed by atoms with Crippen LogP contribution in [0.5, 0.6) is 5.75 Å². The molecule has 0 aliphatic heterocycles. The van der Waals surface area contributed by atoms with Gasteiger partial charge in [0.15, 0.2) is 11.4 Å². The number of nitrogens with two attached hydrogens (primary N) is 1. The van der Waals surface area contributed by atoms with E-state index < -0.39 is 58.0 Å². The van der Waals surface area contributed by atoms with Crippen molar-refractivity contribution in [3.8, 4) is 5.75 Å². The van der Waals surface area contributed by atoms with E-state index in [0.717, 1.165) is 17.5 Å². The van der Waals surface area contributed by atoms with Crippen molar-refractivity contribution in [1.82, 2.24) is 4.90 Å². The summed E-state index contributed by atoms with van der Waals surface area (Å²) in [5, 5.41) is 43.9. The maximum absolute atomic E-state index is 13.7. The summed E-state index contributed by atoms with van der Waals surface area (Å²) in [6, 6.07) is 2.16. The van der Waals surface area contributed by atoms with Gasteiger partial charge in [0.25, 0.3) is 5.91 Å². The molecule has 0 radical (unpaired) electrons. The number of fused-ring (bicyclic) bond motifs is 3. The van der Waals surface area contributed by atoms with Gasteiger partial charge in [-0.2, -0.15) is 0 Å². The fourth-order valence-electron chi connectivity index (χ4n) is 5.81. The van der Waals surface area contributed by atoms with Gasteiger partial charge in [-0.05, 0) is 56.5 Å². The Labute approximate surface area is 190 Å². The summed E-state index contributed by atoms with van der Waals surface area (Å²) in [4.78, 5) is 40.2.